The van der Waals surface area contributed by atoms with E-state index < -0.39 is 11.1 Å². The number of carbonyl (C=O) groups is 2. The van der Waals surface area contributed by atoms with E-state index in [0.29, 0.717) is 86.4 Å². The molecule has 3 N–H and O–H groups in total. The molecule has 448 valence electrons. The normalized spacial score (nSPS) is 13.2. The lowest BCUT2D eigenvalue weighted by Crippen LogP contribution is -2.47. The second kappa shape index (κ2) is 22.4. The predicted octanol–water partition coefficient (Wildman–Crippen LogP) is 21.0. The maximum absolute atomic E-state index is 15.6. The summed E-state index contributed by atoms with van der Waals surface area (Å²) in [5.41, 5.74) is 10.9. The monoisotopic (exact) mass is 1270 g/mol. The maximum atomic E-state index is 15.6. The molecule has 2 aliphatic rings. The van der Waals surface area contributed by atoms with E-state index in [9.17, 15) is 0 Å². The molecule has 0 fully saturated rings. The molecule has 7 heterocycles. The lowest BCUT2D eigenvalue weighted by molar-refractivity contribution is 0.0517. The molecule has 0 radical (unpaired) electrons. The molecule has 14 aromatic rings. The molecule has 9 aromatic carbocycles. The number of amides is 2. The molecule has 0 atom stereocenters. The number of imide groups is 1. The Hall–Kier alpha value is -9.03. The van der Waals surface area contributed by atoms with Crippen LogP contribution in [0.2, 0.25) is 20.1 Å². The number of nitrogens with one attached hydrogen (secondary N) is 3. The fraction of sp³-hybridized carbons (Fsp3) is 0.182. The van der Waals surface area contributed by atoms with E-state index in [1.54, 1.807) is 4.90 Å². The van der Waals surface area contributed by atoms with E-state index in [0.717, 1.165) is 152 Å². The number of halogens is 4. The Morgan fingerprint density at radius 2 is 0.912 bits per heavy atom. The molecule has 10 nitrogen and oxygen atoms in total. The molecule has 91 heavy (non-hydrogen) atoms. The largest absolute Gasteiger partial charge is 0.354 e. The van der Waals surface area contributed by atoms with E-state index >= 15 is 19.2 Å². The fourth-order valence-corrected chi connectivity index (χ4v) is 16.2. The number of hydrogen-bond acceptors (Lipinski definition) is 5. The highest BCUT2D eigenvalue weighted by Crippen LogP contribution is 2.51. The summed E-state index contributed by atoms with van der Waals surface area (Å²) < 4.78 is 1.34. The lowest BCUT2D eigenvalue weighted by Gasteiger charge is -2.35. The molecule has 0 unspecified atom stereocenters. The van der Waals surface area contributed by atoms with Gasteiger partial charge in [-0.05, 0) is 157 Å². The molecule has 14 heteroatoms. The van der Waals surface area contributed by atoms with Crippen LogP contribution in [-0.4, -0.2) is 47.3 Å². The highest BCUT2D eigenvalue weighted by Gasteiger charge is 2.40. The Kier molecular flexibility index (Phi) is 14.1. The molecule has 0 aliphatic carbocycles. The van der Waals surface area contributed by atoms with Crippen LogP contribution in [0.4, 0.5) is 0 Å². The van der Waals surface area contributed by atoms with Crippen molar-refractivity contribution in [2.24, 2.45) is 0 Å². The molecule has 16 rings (SSSR count). The van der Waals surface area contributed by atoms with Gasteiger partial charge < -0.3 is 15.0 Å². The van der Waals surface area contributed by atoms with Crippen LogP contribution >= 0.6 is 46.4 Å². The Labute approximate surface area is 542 Å². The fourth-order valence-electron chi connectivity index (χ4n) is 15.0. The van der Waals surface area contributed by atoms with Gasteiger partial charge in [-0.2, -0.15) is 0 Å². The number of nitrogens with zero attached hydrogens (tertiary/aromatic N) is 3. The first-order valence-electron chi connectivity index (χ1n) is 31.4. The summed E-state index contributed by atoms with van der Waals surface area (Å²) in [4.78, 5) is 79.7. The summed E-state index contributed by atoms with van der Waals surface area (Å²) in [5.74, 6) is -0.614. The smallest absolute Gasteiger partial charge is 0.262 e. The Bertz CT molecular complexity index is 5610. The van der Waals surface area contributed by atoms with Crippen LogP contribution in [0.25, 0.3) is 143 Å². The van der Waals surface area contributed by atoms with E-state index in [1.165, 1.54) is 4.57 Å². The van der Waals surface area contributed by atoms with Gasteiger partial charge >= 0.3 is 0 Å². The summed E-state index contributed by atoms with van der Waals surface area (Å²) in [7, 11) is 0. The molecule has 0 saturated heterocycles. The van der Waals surface area contributed by atoms with Crippen LogP contribution in [0.3, 0.4) is 0 Å². The van der Waals surface area contributed by atoms with E-state index in [-0.39, 0.29) is 29.8 Å². The SMILES string of the molecule is CCCCCCC(CCCCCC)N1C(=O)c2ccc3c4cccc5ccc6c7c(=O)n(Cc8ccc(-c9c%10nc(c(-c%11c(Cl)cccc%11Cl)c%11ccc([nH]%11)c%11ccc([nH]%11)c(-c%11c(Cl)cccc%11Cl)c%11ccc9[nH]%11)C=C%10)cc8)c(=O)c7c7cc(c2c3c7c6c54)C1=O. The van der Waals surface area contributed by atoms with Crippen molar-refractivity contribution in [2.75, 3.05) is 0 Å². The van der Waals surface area contributed by atoms with Crippen molar-refractivity contribution in [3.63, 3.8) is 0 Å². The van der Waals surface area contributed by atoms with Crippen molar-refractivity contribution >= 4 is 168 Å². The minimum Gasteiger partial charge on any atom is -0.354 e. The zero-order valence-corrected chi connectivity index (χ0v) is 52.9. The van der Waals surface area contributed by atoms with Crippen molar-refractivity contribution in [1.29, 1.82) is 0 Å². The van der Waals surface area contributed by atoms with Gasteiger partial charge in [0, 0.05) is 72.4 Å². The van der Waals surface area contributed by atoms with Gasteiger partial charge in [-0.25, -0.2) is 4.98 Å². The quantitative estimate of drug-likeness (QED) is 0.0383. The molecule has 2 amide bonds. The van der Waals surface area contributed by atoms with Crippen LogP contribution in [0, 0.1) is 0 Å². The van der Waals surface area contributed by atoms with Crippen LogP contribution in [0.1, 0.15) is 116 Å². The summed E-state index contributed by atoms with van der Waals surface area (Å²) in [6, 6.07) is 46.5. The van der Waals surface area contributed by atoms with Crippen molar-refractivity contribution in [1.82, 2.24) is 29.4 Å². The van der Waals surface area contributed by atoms with Gasteiger partial charge in [-0.1, -0.05) is 184 Å². The summed E-state index contributed by atoms with van der Waals surface area (Å²) in [6.45, 7) is 4.33. The number of unbranched alkanes of at least 4 members (excludes halogenated alkanes) is 6. The van der Waals surface area contributed by atoms with E-state index in [4.69, 9.17) is 51.4 Å². The number of aromatic nitrogens is 5. The van der Waals surface area contributed by atoms with E-state index in [2.05, 4.69) is 40.9 Å². The van der Waals surface area contributed by atoms with Gasteiger partial charge in [0.1, 0.15) is 0 Å². The first-order valence-corrected chi connectivity index (χ1v) is 32.9. The Morgan fingerprint density at radius 1 is 0.418 bits per heavy atom. The molecule has 0 saturated carbocycles. The molecule has 5 aromatic heterocycles. The van der Waals surface area contributed by atoms with Gasteiger partial charge in [-0.3, -0.25) is 28.6 Å². The van der Waals surface area contributed by atoms with Crippen LogP contribution in [0.5, 0.6) is 0 Å². The topological polar surface area (TPSA) is 137 Å². The third-order valence-electron chi connectivity index (χ3n) is 19.2. The Morgan fingerprint density at radius 3 is 1.54 bits per heavy atom. The Balaban J connectivity index is 0.877. The van der Waals surface area contributed by atoms with Crippen LogP contribution < -0.4 is 11.1 Å². The number of H-pyrrole nitrogens is 3. The van der Waals surface area contributed by atoms with Crippen molar-refractivity contribution in [3.8, 4) is 33.4 Å². The van der Waals surface area contributed by atoms with Crippen molar-refractivity contribution in [2.45, 2.75) is 90.6 Å². The second-order valence-corrected chi connectivity index (χ2v) is 26.1. The molecular weight excluding hydrogens is 1210 g/mol. The number of carbonyl (C=O) groups excluding carboxylic acids is 2. The zero-order chi connectivity index (χ0) is 62.1. The highest BCUT2D eigenvalue weighted by atomic mass is 35.5. The number of hydrogen-bond donors (Lipinski definition) is 3. The first-order chi connectivity index (χ1) is 44.4. The van der Waals surface area contributed by atoms with Crippen molar-refractivity contribution < 1.29 is 9.59 Å². The minimum absolute atomic E-state index is 0.0336. The highest BCUT2D eigenvalue weighted by molar-refractivity contribution is 6.47. The molecule has 8 bridgehead atoms. The molecular formula is C77H58Cl4N6O4. The predicted molar refractivity (Wildman–Crippen MR) is 378 cm³/mol. The number of rotatable bonds is 16. The molecule has 2 aliphatic heterocycles. The van der Waals surface area contributed by atoms with Crippen LogP contribution in [-0.2, 0) is 6.54 Å². The molecule has 0 spiro atoms. The summed E-state index contributed by atoms with van der Waals surface area (Å²) >= 11 is 28.2. The number of fused-ring (bicyclic) bond motifs is 13. The maximum Gasteiger partial charge on any atom is 0.262 e. The summed E-state index contributed by atoms with van der Waals surface area (Å²) in [6.07, 6.45) is 13.6. The number of benzene rings is 9. The number of aromatic amines is 3. The zero-order valence-electron chi connectivity index (χ0n) is 49.9. The van der Waals surface area contributed by atoms with Gasteiger partial charge in [0.05, 0.1) is 59.8 Å². The van der Waals surface area contributed by atoms with Gasteiger partial charge in [0.25, 0.3) is 22.9 Å². The lowest BCUT2D eigenvalue weighted by atomic mass is 9.80. The van der Waals surface area contributed by atoms with E-state index in [1.807, 2.05) is 146 Å². The van der Waals surface area contributed by atoms with Gasteiger partial charge in [0.2, 0.25) is 0 Å². The standard InChI is InChI=1S/C77H58Cl4N6O4/c1-3-5-7-9-15-43(16-10-8-6-4-2)87-74(88)47-29-28-45-44-17-11-14-41-26-27-46-66(62(41)44)67-48(38-49(75(87)89)64(47)65(45)67)69-68(46)76(90)86(77(69)91)39-40-22-24-42(25-23-40)63-56-34-36-60(84-56)72(70-50(78)18-12-19-51(70)79)58-32-30-54(82-58)55-31-33-59(83-55)73(61-37-35-57(63)85-61)71-52(80)20-13-21-53(71)81/h11-14,17-38,43,82-84H,3-10,15-16,39H2,1-2H3. The average Bonchev–Trinajstić information content (AvgIpc) is 1.62. The third kappa shape index (κ3) is 8.99. The minimum atomic E-state index is -0.446. The average molecular weight is 1270 g/mol. The van der Waals surface area contributed by atoms with Crippen molar-refractivity contribution in [3.05, 3.63) is 214 Å². The summed E-state index contributed by atoms with van der Waals surface area (Å²) in [5, 5.41) is 10.5. The third-order valence-corrected chi connectivity index (χ3v) is 20.5. The van der Waals surface area contributed by atoms with Gasteiger partial charge in [0.15, 0.2) is 0 Å². The first kappa shape index (κ1) is 57.2. The van der Waals surface area contributed by atoms with Crippen LogP contribution in [0.15, 0.2) is 155 Å². The van der Waals surface area contributed by atoms with Gasteiger partial charge in [-0.15, -0.1) is 0 Å². The second-order valence-electron chi connectivity index (χ2n) is 24.5.